The van der Waals surface area contributed by atoms with Gasteiger partial charge in [0.1, 0.15) is 0 Å². The first-order chi connectivity index (χ1) is 10.7. The molecule has 1 aliphatic rings. The number of anilines is 1. The van der Waals surface area contributed by atoms with E-state index in [9.17, 15) is 4.79 Å². The second-order valence-electron chi connectivity index (χ2n) is 5.96. The van der Waals surface area contributed by atoms with E-state index in [-0.39, 0.29) is 6.03 Å². The lowest BCUT2D eigenvalue weighted by Gasteiger charge is -2.35. The van der Waals surface area contributed by atoms with Crippen LogP contribution in [-0.2, 0) is 11.2 Å². The molecule has 0 spiro atoms. The number of amides is 2. The van der Waals surface area contributed by atoms with Crippen molar-refractivity contribution in [1.29, 1.82) is 0 Å². The topological polar surface area (TPSA) is 41.6 Å². The molecule has 2 rings (SSSR count). The molecule has 1 saturated heterocycles. The van der Waals surface area contributed by atoms with Crippen LogP contribution >= 0.6 is 0 Å². The number of ether oxygens (including phenoxy) is 1. The normalized spacial score (nSPS) is 18.3. The average Bonchev–Trinajstić information content (AvgIpc) is 2.55. The molecule has 122 valence electrons. The molecular formula is C18H28N2O2. The van der Waals surface area contributed by atoms with Crippen molar-refractivity contribution in [2.24, 2.45) is 0 Å². The molecule has 1 N–H and O–H groups in total. The van der Waals surface area contributed by atoms with Gasteiger partial charge in [0.2, 0.25) is 0 Å². The number of hydrogen-bond acceptors (Lipinski definition) is 2. The molecule has 22 heavy (non-hydrogen) atoms. The number of likely N-dealkylation sites (tertiary alicyclic amines) is 1. The number of nitrogens with one attached hydrogen (secondary N) is 1. The summed E-state index contributed by atoms with van der Waals surface area (Å²) in [7, 11) is 1.73. The maximum atomic E-state index is 12.6. The highest BCUT2D eigenvalue weighted by atomic mass is 16.5. The van der Waals surface area contributed by atoms with Crippen molar-refractivity contribution in [3.05, 3.63) is 29.8 Å². The number of hydrogen-bond donors (Lipinski definition) is 1. The number of benzene rings is 1. The molecule has 4 heteroatoms. The van der Waals surface area contributed by atoms with Crippen LogP contribution in [0.5, 0.6) is 0 Å². The highest BCUT2D eigenvalue weighted by Crippen LogP contribution is 2.22. The van der Waals surface area contributed by atoms with Gasteiger partial charge in [0.05, 0.1) is 0 Å². The summed E-state index contributed by atoms with van der Waals surface area (Å²) in [5.41, 5.74) is 2.14. The SMILES string of the molecule is CCc1cccc(NC(=O)N2CCCCC2CCCOC)c1. The number of carbonyl (C=O) groups is 1. The fourth-order valence-electron chi connectivity index (χ4n) is 3.10. The minimum atomic E-state index is 0.0374. The Morgan fingerprint density at radius 3 is 3.05 bits per heavy atom. The van der Waals surface area contributed by atoms with E-state index >= 15 is 0 Å². The molecule has 4 nitrogen and oxygen atoms in total. The second kappa shape index (κ2) is 8.79. The standard InChI is InChI=1S/C18H28N2O2/c1-3-15-8-6-9-16(14-15)19-18(21)20-12-5-4-10-17(20)11-7-13-22-2/h6,8-9,14,17H,3-5,7,10-13H2,1-2H3,(H,19,21). The Labute approximate surface area is 133 Å². The van der Waals surface area contributed by atoms with E-state index in [1.54, 1.807) is 7.11 Å². The van der Waals surface area contributed by atoms with Gasteiger partial charge in [-0.3, -0.25) is 0 Å². The summed E-state index contributed by atoms with van der Waals surface area (Å²) < 4.78 is 5.13. The minimum absolute atomic E-state index is 0.0374. The molecule has 0 radical (unpaired) electrons. The Bertz CT molecular complexity index is 476. The fraction of sp³-hybridized carbons (Fsp3) is 0.611. The van der Waals surface area contributed by atoms with Crippen molar-refractivity contribution < 1.29 is 9.53 Å². The zero-order valence-electron chi connectivity index (χ0n) is 13.8. The van der Waals surface area contributed by atoms with E-state index < -0.39 is 0 Å². The lowest BCUT2D eigenvalue weighted by molar-refractivity contribution is 0.141. The molecule has 1 aromatic rings. The van der Waals surface area contributed by atoms with E-state index in [0.29, 0.717) is 6.04 Å². The van der Waals surface area contributed by atoms with Gasteiger partial charge in [-0.2, -0.15) is 0 Å². The molecular weight excluding hydrogens is 276 g/mol. The zero-order valence-corrected chi connectivity index (χ0v) is 13.8. The predicted molar refractivity (Wildman–Crippen MR) is 90.3 cm³/mol. The van der Waals surface area contributed by atoms with Crippen LogP contribution in [0.3, 0.4) is 0 Å². The number of methoxy groups -OCH3 is 1. The lowest BCUT2D eigenvalue weighted by Crippen LogP contribution is -2.46. The maximum absolute atomic E-state index is 12.6. The molecule has 1 atom stereocenters. The molecule has 0 aromatic heterocycles. The third kappa shape index (κ3) is 4.73. The van der Waals surface area contributed by atoms with Crippen molar-refractivity contribution in [2.45, 2.75) is 51.5 Å². The number of piperidine rings is 1. The Kier molecular flexibility index (Phi) is 6.72. The minimum Gasteiger partial charge on any atom is -0.385 e. The molecule has 1 heterocycles. The van der Waals surface area contributed by atoms with Gasteiger partial charge in [0.15, 0.2) is 0 Å². The van der Waals surface area contributed by atoms with E-state index in [2.05, 4.69) is 24.4 Å². The van der Waals surface area contributed by atoms with Gasteiger partial charge < -0.3 is 15.0 Å². The van der Waals surface area contributed by atoms with Crippen LogP contribution < -0.4 is 5.32 Å². The molecule has 0 saturated carbocycles. The van der Waals surface area contributed by atoms with Gasteiger partial charge in [0, 0.05) is 32.0 Å². The van der Waals surface area contributed by atoms with Crippen molar-refractivity contribution in [3.8, 4) is 0 Å². The number of nitrogens with zero attached hydrogens (tertiary/aromatic N) is 1. The summed E-state index contributed by atoms with van der Waals surface area (Å²) in [5, 5.41) is 3.06. The first-order valence-corrected chi connectivity index (χ1v) is 8.40. The van der Waals surface area contributed by atoms with Crippen LogP contribution in [0.15, 0.2) is 24.3 Å². The monoisotopic (exact) mass is 304 g/mol. The second-order valence-corrected chi connectivity index (χ2v) is 5.96. The summed E-state index contributed by atoms with van der Waals surface area (Å²) in [6.07, 6.45) is 6.43. The van der Waals surface area contributed by atoms with Crippen LogP contribution in [0.2, 0.25) is 0 Å². The third-order valence-corrected chi connectivity index (χ3v) is 4.36. The number of urea groups is 1. The zero-order chi connectivity index (χ0) is 15.8. The van der Waals surface area contributed by atoms with Crippen LogP contribution in [0.25, 0.3) is 0 Å². The van der Waals surface area contributed by atoms with Gasteiger partial charge in [-0.05, 0) is 56.2 Å². The summed E-state index contributed by atoms with van der Waals surface area (Å²) >= 11 is 0. The van der Waals surface area contributed by atoms with Gasteiger partial charge in [0.25, 0.3) is 0 Å². The van der Waals surface area contributed by atoms with Crippen LogP contribution in [0.4, 0.5) is 10.5 Å². The highest BCUT2D eigenvalue weighted by Gasteiger charge is 2.26. The average molecular weight is 304 g/mol. The maximum Gasteiger partial charge on any atom is 0.322 e. The van der Waals surface area contributed by atoms with Gasteiger partial charge in [-0.25, -0.2) is 4.79 Å². The first kappa shape index (κ1) is 16.8. The summed E-state index contributed by atoms with van der Waals surface area (Å²) in [6.45, 7) is 3.75. The predicted octanol–water partition coefficient (Wildman–Crippen LogP) is 4.06. The highest BCUT2D eigenvalue weighted by molar-refractivity contribution is 5.89. The van der Waals surface area contributed by atoms with Crippen LogP contribution in [0.1, 0.15) is 44.6 Å². The Morgan fingerprint density at radius 1 is 1.41 bits per heavy atom. The molecule has 0 bridgehead atoms. The molecule has 1 fully saturated rings. The van der Waals surface area contributed by atoms with Crippen LogP contribution in [-0.4, -0.2) is 37.2 Å². The molecule has 0 aliphatic carbocycles. The first-order valence-electron chi connectivity index (χ1n) is 8.40. The summed E-state index contributed by atoms with van der Waals surface area (Å²) in [6, 6.07) is 8.49. The third-order valence-electron chi connectivity index (χ3n) is 4.36. The Hall–Kier alpha value is -1.55. The summed E-state index contributed by atoms with van der Waals surface area (Å²) in [5.74, 6) is 0. The molecule has 2 amide bonds. The number of carbonyl (C=O) groups excluding carboxylic acids is 1. The van der Waals surface area contributed by atoms with Crippen molar-refractivity contribution in [1.82, 2.24) is 4.90 Å². The van der Waals surface area contributed by atoms with Gasteiger partial charge in [-0.15, -0.1) is 0 Å². The molecule has 1 aromatic carbocycles. The van der Waals surface area contributed by atoms with E-state index in [4.69, 9.17) is 4.74 Å². The van der Waals surface area contributed by atoms with Crippen LogP contribution in [0, 0.1) is 0 Å². The number of aryl methyl sites for hydroxylation is 1. The molecule has 1 aliphatic heterocycles. The largest absolute Gasteiger partial charge is 0.385 e. The van der Waals surface area contributed by atoms with Gasteiger partial charge in [-0.1, -0.05) is 19.1 Å². The van der Waals surface area contributed by atoms with Crippen molar-refractivity contribution in [3.63, 3.8) is 0 Å². The molecule has 1 unspecified atom stereocenters. The Morgan fingerprint density at radius 2 is 2.27 bits per heavy atom. The smallest absolute Gasteiger partial charge is 0.322 e. The Balaban J connectivity index is 1.95. The van der Waals surface area contributed by atoms with E-state index in [0.717, 1.165) is 50.9 Å². The lowest BCUT2D eigenvalue weighted by atomic mass is 9.98. The van der Waals surface area contributed by atoms with E-state index in [1.807, 2.05) is 17.0 Å². The van der Waals surface area contributed by atoms with Crippen molar-refractivity contribution >= 4 is 11.7 Å². The summed E-state index contributed by atoms with van der Waals surface area (Å²) in [4.78, 5) is 14.6. The van der Waals surface area contributed by atoms with E-state index in [1.165, 1.54) is 12.0 Å². The quantitative estimate of drug-likeness (QED) is 0.805. The fourth-order valence-corrected chi connectivity index (χ4v) is 3.10. The number of rotatable bonds is 6. The van der Waals surface area contributed by atoms with Gasteiger partial charge >= 0.3 is 6.03 Å². The van der Waals surface area contributed by atoms with Crippen molar-refractivity contribution in [2.75, 3.05) is 25.6 Å².